The fourth-order valence-corrected chi connectivity index (χ4v) is 2.88. The Bertz CT molecular complexity index is 933. The molecule has 0 amide bonds. The van der Waals surface area contributed by atoms with Crippen molar-refractivity contribution in [2.45, 2.75) is 13.0 Å². The van der Waals surface area contributed by atoms with Crippen LogP contribution in [-0.4, -0.2) is 37.8 Å². The molecular formula is C22H26N4O3. The van der Waals surface area contributed by atoms with Crippen LogP contribution < -0.4 is 24.8 Å². The molecule has 0 unspecified atom stereocenters. The molecule has 0 bridgehead atoms. The lowest BCUT2D eigenvalue weighted by Gasteiger charge is -2.11. The van der Waals surface area contributed by atoms with E-state index in [4.69, 9.17) is 14.2 Å². The number of methoxy groups -OCH3 is 3. The minimum atomic E-state index is 0.561. The topological polar surface area (TPSA) is 77.5 Å². The van der Waals surface area contributed by atoms with Gasteiger partial charge in [0.05, 0.1) is 21.3 Å². The molecule has 1 aromatic heterocycles. The molecule has 2 N–H and O–H groups in total. The number of benzene rings is 2. The molecule has 0 aliphatic carbocycles. The second kappa shape index (κ2) is 10.2. The van der Waals surface area contributed by atoms with E-state index in [1.807, 2.05) is 42.5 Å². The van der Waals surface area contributed by atoms with Gasteiger partial charge in [0.2, 0.25) is 5.95 Å². The van der Waals surface area contributed by atoms with Crippen LogP contribution in [0.5, 0.6) is 17.2 Å². The first kappa shape index (κ1) is 20.3. The second-order valence-corrected chi connectivity index (χ2v) is 6.34. The summed E-state index contributed by atoms with van der Waals surface area (Å²) in [6, 6.07) is 15.7. The Hall–Kier alpha value is -3.48. The lowest BCUT2D eigenvalue weighted by atomic mass is 10.1. The van der Waals surface area contributed by atoms with Gasteiger partial charge in [0.25, 0.3) is 0 Å². The van der Waals surface area contributed by atoms with Crippen molar-refractivity contribution in [3.8, 4) is 17.2 Å². The summed E-state index contributed by atoms with van der Waals surface area (Å²) in [7, 11) is 4.92. The van der Waals surface area contributed by atoms with Crippen LogP contribution in [0, 0.1) is 0 Å². The van der Waals surface area contributed by atoms with Gasteiger partial charge in [-0.1, -0.05) is 18.2 Å². The molecule has 3 rings (SSSR count). The van der Waals surface area contributed by atoms with E-state index in [2.05, 4.69) is 26.7 Å². The number of rotatable bonds is 10. The highest BCUT2D eigenvalue weighted by atomic mass is 16.5. The van der Waals surface area contributed by atoms with Gasteiger partial charge in [-0.15, -0.1) is 0 Å². The summed E-state index contributed by atoms with van der Waals surface area (Å²) in [5, 5.41) is 6.57. The SMILES string of the molecule is COc1cccc(CCNc2ccnc(NCc3ccc(OC)c(OC)c3)n2)c1. The standard InChI is InChI=1S/C22H26N4O3/c1-27-18-6-4-5-16(13-18)9-11-23-21-10-12-24-22(26-21)25-15-17-7-8-19(28-2)20(14-17)29-3/h4-8,10,12-14H,9,11,15H2,1-3H3,(H2,23,24,25,26). The first-order valence-corrected chi connectivity index (χ1v) is 9.36. The van der Waals surface area contributed by atoms with Gasteiger partial charge < -0.3 is 24.8 Å². The van der Waals surface area contributed by atoms with Crippen LogP contribution in [0.1, 0.15) is 11.1 Å². The molecule has 0 spiro atoms. The Balaban J connectivity index is 1.54. The zero-order chi connectivity index (χ0) is 20.5. The summed E-state index contributed by atoms with van der Waals surface area (Å²) in [6.45, 7) is 1.34. The highest BCUT2D eigenvalue weighted by Crippen LogP contribution is 2.27. The van der Waals surface area contributed by atoms with E-state index in [-0.39, 0.29) is 0 Å². The van der Waals surface area contributed by atoms with Crippen molar-refractivity contribution in [3.05, 3.63) is 65.9 Å². The molecule has 152 valence electrons. The number of nitrogens with one attached hydrogen (secondary N) is 2. The van der Waals surface area contributed by atoms with Crippen LogP contribution in [0.15, 0.2) is 54.7 Å². The largest absolute Gasteiger partial charge is 0.497 e. The van der Waals surface area contributed by atoms with Crippen LogP contribution in [0.3, 0.4) is 0 Å². The minimum absolute atomic E-state index is 0.561. The first-order chi connectivity index (χ1) is 14.2. The van der Waals surface area contributed by atoms with Crippen LogP contribution in [-0.2, 0) is 13.0 Å². The van der Waals surface area contributed by atoms with E-state index in [9.17, 15) is 0 Å². The average molecular weight is 394 g/mol. The van der Waals surface area contributed by atoms with Gasteiger partial charge in [-0.2, -0.15) is 4.98 Å². The van der Waals surface area contributed by atoms with Crippen molar-refractivity contribution in [1.82, 2.24) is 9.97 Å². The highest BCUT2D eigenvalue weighted by Gasteiger charge is 2.05. The molecule has 0 atom stereocenters. The number of nitrogens with zero attached hydrogens (tertiary/aromatic N) is 2. The second-order valence-electron chi connectivity index (χ2n) is 6.34. The van der Waals surface area contributed by atoms with Crippen LogP contribution in [0.25, 0.3) is 0 Å². The van der Waals surface area contributed by atoms with Gasteiger partial charge >= 0.3 is 0 Å². The molecule has 2 aromatic carbocycles. The Morgan fingerprint density at radius 2 is 1.69 bits per heavy atom. The zero-order valence-corrected chi connectivity index (χ0v) is 16.9. The summed E-state index contributed by atoms with van der Waals surface area (Å²) >= 11 is 0. The van der Waals surface area contributed by atoms with Crippen molar-refractivity contribution in [1.29, 1.82) is 0 Å². The van der Waals surface area contributed by atoms with E-state index < -0.39 is 0 Å². The van der Waals surface area contributed by atoms with Crippen LogP contribution in [0.4, 0.5) is 11.8 Å². The van der Waals surface area contributed by atoms with Gasteiger partial charge in [0.15, 0.2) is 11.5 Å². The van der Waals surface area contributed by atoms with Crippen LogP contribution in [0.2, 0.25) is 0 Å². The Morgan fingerprint density at radius 1 is 0.828 bits per heavy atom. The van der Waals surface area contributed by atoms with Gasteiger partial charge in [-0.05, 0) is 47.9 Å². The summed E-state index contributed by atoms with van der Waals surface area (Å²) < 4.78 is 15.9. The van der Waals surface area contributed by atoms with E-state index in [1.165, 1.54) is 5.56 Å². The van der Waals surface area contributed by atoms with Crippen molar-refractivity contribution in [2.75, 3.05) is 38.5 Å². The molecule has 3 aromatic rings. The molecule has 0 fully saturated rings. The van der Waals surface area contributed by atoms with Crippen molar-refractivity contribution >= 4 is 11.8 Å². The van der Waals surface area contributed by atoms with E-state index >= 15 is 0 Å². The van der Waals surface area contributed by atoms with E-state index in [1.54, 1.807) is 27.5 Å². The third-order valence-corrected chi connectivity index (χ3v) is 4.41. The third-order valence-electron chi connectivity index (χ3n) is 4.41. The minimum Gasteiger partial charge on any atom is -0.497 e. The maximum atomic E-state index is 5.34. The summed E-state index contributed by atoms with van der Waals surface area (Å²) in [5.41, 5.74) is 2.25. The number of aromatic nitrogens is 2. The summed E-state index contributed by atoms with van der Waals surface area (Å²) in [5.74, 6) is 3.60. The molecule has 0 saturated heterocycles. The molecule has 0 radical (unpaired) electrons. The molecule has 1 heterocycles. The molecule has 7 heteroatoms. The van der Waals surface area contributed by atoms with Gasteiger partial charge in [0, 0.05) is 19.3 Å². The monoisotopic (exact) mass is 394 g/mol. The van der Waals surface area contributed by atoms with Gasteiger partial charge in [-0.3, -0.25) is 0 Å². The molecule has 0 saturated carbocycles. The van der Waals surface area contributed by atoms with Crippen molar-refractivity contribution < 1.29 is 14.2 Å². The third kappa shape index (κ3) is 5.75. The lowest BCUT2D eigenvalue weighted by molar-refractivity contribution is 0.354. The van der Waals surface area contributed by atoms with Gasteiger partial charge in [0.1, 0.15) is 11.6 Å². The van der Waals surface area contributed by atoms with Crippen molar-refractivity contribution in [3.63, 3.8) is 0 Å². The number of ether oxygens (including phenoxy) is 3. The van der Waals surface area contributed by atoms with E-state index in [0.29, 0.717) is 24.0 Å². The smallest absolute Gasteiger partial charge is 0.224 e. The average Bonchev–Trinajstić information content (AvgIpc) is 2.78. The normalized spacial score (nSPS) is 10.3. The molecular weight excluding hydrogens is 368 g/mol. The highest BCUT2D eigenvalue weighted by molar-refractivity contribution is 5.45. The molecule has 0 aliphatic heterocycles. The fraction of sp³-hybridized carbons (Fsp3) is 0.273. The zero-order valence-electron chi connectivity index (χ0n) is 16.9. The fourth-order valence-electron chi connectivity index (χ4n) is 2.88. The maximum absolute atomic E-state index is 5.34. The first-order valence-electron chi connectivity index (χ1n) is 9.36. The Kier molecular flexibility index (Phi) is 7.10. The Morgan fingerprint density at radius 3 is 2.48 bits per heavy atom. The molecule has 7 nitrogen and oxygen atoms in total. The predicted molar refractivity (Wildman–Crippen MR) is 114 cm³/mol. The predicted octanol–water partition coefficient (Wildman–Crippen LogP) is 3.77. The molecule has 0 aliphatic rings. The number of hydrogen-bond donors (Lipinski definition) is 2. The lowest BCUT2D eigenvalue weighted by Crippen LogP contribution is -2.09. The molecule has 29 heavy (non-hydrogen) atoms. The summed E-state index contributed by atoms with van der Waals surface area (Å²) in [6.07, 6.45) is 2.60. The number of anilines is 2. The summed E-state index contributed by atoms with van der Waals surface area (Å²) in [4.78, 5) is 8.80. The maximum Gasteiger partial charge on any atom is 0.224 e. The quantitative estimate of drug-likeness (QED) is 0.542. The van der Waals surface area contributed by atoms with Crippen molar-refractivity contribution in [2.24, 2.45) is 0 Å². The Labute approximate surface area is 171 Å². The number of hydrogen-bond acceptors (Lipinski definition) is 7. The van der Waals surface area contributed by atoms with Crippen LogP contribution >= 0.6 is 0 Å². The van der Waals surface area contributed by atoms with E-state index in [0.717, 1.165) is 30.1 Å². The van der Waals surface area contributed by atoms with Gasteiger partial charge in [-0.25, -0.2) is 4.98 Å².